The number of hydrogen-bond acceptors (Lipinski definition) is 3. The van der Waals surface area contributed by atoms with E-state index in [0.717, 1.165) is 17.2 Å². The van der Waals surface area contributed by atoms with Gasteiger partial charge in [-0.05, 0) is 25.1 Å². The standard InChI is InChI=1S/C14H12ClN3O/c1-10-2-4-12(5-3-10)19-9-14-17-16-13-8-11(15)6-7-18(13)14/h2-8H,9H2,1H3. The van der Waals surface area contributed by atoms with Crippen LogP contribution in [0.5, 0.6) is 5.75 Å². The first-order chi connectivity index (χ1) is 9.22. The molecule has 2 heterocycles. The van der Waals surface area contributed by atoms with Gasteiger partial charge in [0.15, 0.2) is 11.5 Å². The van der Waals surface area contributed by atoms with Crippen LogP contribution in [0.1, 0.15) is 11.4 Å². The minimum Gasteiger partial charge on any atom is -0.486 e. The van der Waals surface area contributed by atoms with Crippen molar-refractivity contribution in [2.75, 3.05) is 0 Å². The van der Waals surface area contributed by atoms with E-state index >= 15 is 0 Å². The molecule has 1 aromatic carbocycles. The van der Waals surface area contributed by atoms with E-state index in [4.69, 9.17) is 16.3 Å². The van der Waals surface area contributed by atoms with E-state index in [9.17, 15) is 0 Å². The number of aryl methyl sites for hydroxylation is 1. The van der Waals surface area contributed by atoms with Crippen molar-refractivity contribution in [1.29, 1.82) is 0 Å². The summed E-state index contributed by atoms with van der Waals surface area (Å²) in [5.74, 6) is 1.56. The monoisotopic (exact) mass is 273 g/mol. The van der Waals surface area contributed by atoms with Crippen LogP contribution in [0.2, 0.25) is 5.02 Å². The van der Waals surface area contributed by atoms with Gasteiger partial charge in [-0.25, -0.2) is 0 Å². The summed E-state index contributed by atoms with van der Waals surface area (Å²) < 4.78 is 7.55. The van der Waals surface area contributed by atoms with Crippen LogP contribution >= 0.6 is 11.6 Å². The average Bonchev–Trinajstić information content (AvgIpc) is 2.80. The average molecular weight is 274 g/mol. The Morgan fingerprint density at radius 3 is 2.74 bits per heavy atom. The van der Waals surface area contributed by atoms with Gasteiger partial charge in [0.05, 0.1) is 0 Å². The summed E-state index contributed by atoms with van der Waals surface area (Å²) in [5, 5.41) is 8.80. The van der Waals surface area contributed by atoms with E-state index in [-0.39, 0.29) is 0 Å². The highest BCUT2D eigenvalue weighted by molar-refractivity contribution is 6.30. The molecule has 19 heavy (non-hydrogen) atoms. The van der Waals surface area contributed by atoms with Crippen molar-refractivity contribution in [3.8, 4) is 5.75 Å². The largest absolute Gasteiger partial charge is 0.486 e. The van der Waals surface area contributed by atoms with Crippen molar-refractivity contribution in [2.24, 2.45) is 0 Å². The third kappa shape index (κ3) is 2.53. The minimum absolute atomic E-state index is 0.367. The Morgan fingerprint density at radius 2 is 1.95 bits per heavy atom. The molecule has 0 fully saturated rings. The summed E-state index contributed by atoms with van der Waals surface area (Å²) in [6.45, 7) is 2.41. The molecule has 96 valence electrons. The third-order valence-corrected chi connectivity index (χ3v) is 3.07. The van der Waals surface area contributed by atoms with Gasteiger partial charge in [0.1, 0.15) is 12.4 Å². The van der Waals surface area contributed by atoms with Crippen LogP contribution in [-0.2, 0) is 6.61 Å². The SMILES string of the molecule is Cc1ccc(OCc2nnc3cc(Cl)ccn23)cc1. The van der Waals surface area contributed by atoms with Crippen LogP contribution in [0.4, 0.5) is 0 Å². The Balaban J connectivity index is 1.80. The predicted octanol–water partition coefficient (Wildman–Crippen LogP) is 3.27. The summed E-state index contributed by atoms with van der Waals surface area (Å²) >= 11 is 5.90. The molecule has 0 aliphatic carbocycles. The molecular weight excluding hydrogens is 262 g/mol. The van der Waals surface area contributed by atoms with Gasteiger partial charge in [0.2, 0.25) is 0 Å². The summed E-state index contributed by atoms with van der Waals surface area (Å²) in [6, 6.07) is 11.5. The number of rotatable bonds is 3. The molecule has 0 bridgehead atoms. The zero-order valence-corrected chi connectivity index (χ0v) is 11.1. The van der Waals surface area contributed by atoms with E-state index < -0.39 is 0 Å². The van der Waals surface area contributed by atoms with E-state index in [1.807, 2.05) is 41.8 Å². The van der Waals surface area contributed by atoms with Crippen molar-refractivity contribution < 1.29 is 4.74 Å². The highest BCUT2D eigenvalue weighted by Crippen LogP contribution is 2.15. The molecule has 0 radical (unpaired) electrons. The topological polar surface area (TPSA) is 39.4 Å². The Morgan fingerprint density at radius 1 is 1.16 bits per heavy atom. The molecule has 0 spiro atoms. The molecule has 5 heteroatoms. The van der Waals surface area contributed by atoms with Crippen molar-refractivity contribution in [2.45, 2.75) is 13.5 Å². The number of benzene rings is 1. The maximum absolute atomic E-state index is 5.90. The molecule has 4 nitrogen and oxygen atoms in total. The number of aromatic nitrogens is 3. The van der Waals surface area contributed by atoms with Crippen molar-refractivity contribution in [3.05, 3.63) is 59.0 Å². The van der Waals surface area contributed by atoms with Crippen LogP contribution in [0.25, 0.3) is 5.65 Å². The fraction of sp³-hybridized carbons (Fsp3) is 0.143. The molecule has 0 aliphatic heterocycles. The summed E-state index contributed by atoms with van der Waals surface area (Å²) in [5.41, 5.74) is 1.92. The van der Waals surface area contributed by atoms with Gasteiger partial charge in [0, 0.05) is 17.3 Å². The van der Waals surface area contributed by atoms with Gasteiger partial charge in [0.25, 0.3) is 0 Å². The Kier molecular flexibility index (Phi) is 3.09. The highest BCUT2D eigenvalue weighted by atomic mass is 35.5. The molecule has 0 aliphatic rings. The lowest BCUT2D eigenvalue weighted by Gasteiger charge is -2.05. The maximum atomic E-state index is 5.90. The second kappa shape index (κ2) is 4.90. The molecule has 0 saturated heterocycles. The second-order valence-electron chi connectivity index (χ2n) is 4.29. The fourth-order valence-electron chi connectivity index (χ4n) is 1.80. The van der Waals surface area contributed by atoms with Gasteiger partial charge < -0.3 is 4.74 Å². The van der Waals surface area contributed by atoms with Crippen LogP contribution in [0.15, 0.2) is 42.6 Å². The first-order valence-corrected chi connectivity index (χ1v) is 6.29. The molecule has 2 aromatic heterocycles. The quantitative estimate of drug-likeness (QED) is 0.735. The van der Waals surface area contributed by atoms with Crippen LogP contribution in [0, 0.1) is 6.92 Å². The molecule has 0 unspecified atom stereocenters. The number of ether oxygens (including phenoxy) is 1. The summed E-state index contributed by atoms with van der Waals surface area (Å²) in [4.78, 5) is 0. The van der Waals surface area contributed by atoms with Crippen LogP contribution in [0.3, 0.4) is 0 Å². The highest BCUT2D eigenvalue weighted by Gasteiger charge is 2.06. The first kappa shape index (κ1) is 12.0. The molecule has 3 rings (SSSR count). The van der Waals surface area contributed by atoms with E-state index in [1.54, 1.807) is 12.1 Å². The van der Waals surface area contributed by atoms with E-state index in [2.05, 4.69) is 10.2 Å². The van der Waals surface area contributed by atoms with Gasteiger partial charge in [-0.1, -0.05) is 29.3 Å². The number of fused-ring (bicyclic) bond motifs is 1. The zero-order chi connectivity index (χ0) is 13.2. The lowest BCUT2D eigenvalue weighted by Crippen LogP contribution is -2.01. The number of nitrogens with zero attached hydrogens (tertiary/aromatic N) is 3. The number of hydrogen-bond donors (Lipinski definition) is 0. The minimum atomic E-state index is 0.367. The van der Waals surface area contributed by atoms with E-state index in [1.165, 1.54) is 5.56 Å². The van der Waals surface area contributed by atoms with Crippen molar-refractivity contribution >= 4 is 17.2 Å². The maximum Gasteiger partial charge on any atom is 0.175 e. The molecule has 0 saturated carbocycles. The fourth-order valence-corrected chi connectivity index (χ4v) is 1.95. The van der Waals surface area contributed by atoms with Gasteiger partial charge in [-0.3, -0.25) is 4.40 Å². The molecule has 0 amide bonds. The summed E-state index contributed by atoms with van der Waals surface area (Å²) in [7, 11) is 0. The van der Waals surface area contributed by atoms with Gasteiger partial charge >= 0.3 is 0 Å². The van der Waals surface area contributed by atoms with Crippen molar-refractivity contribution in [3.63, 3.8) is 0 Å². The third-order valence-electron chi connectivity index (χ3n) is 2.83. The number of halogens is 1. The second-order valence-corrected chi connectivity index (χ2v) is 4.73. The lowest BCUT2D eigenvalue weighted by atomic mass is 10.2. The number of pyridine rings is 1. The Hall–Kier alpha value is -2.07. The summed E-state index contributed by atoms with van der Waals surface area (Å²) in [6.07, 6.45) is 1.84. The smallest absolute Gasteiger partial charge is 0.175 e. The predicted molar refractivity (Wildman–Crippen MR) is 73.5 cm³/mol. The van der Waals surface area contributed by atoms with Gasteiger partial charge in [-0.15, -0.1) is 10.2 Å². The Labute approximate surface area is 115 Å². The lowest BCUT2D eigenvalue weighted by molar-refractivity contribution is 0.294. The van der Waals surface area contributed by atoms with E-state index in [0.29, 0.717) is 11.6 Å². The molecular formula is C14H12ClN3O. The van der Waals surface area contributed by atoms with Crippen LogP contribution in [-0.4, -0.2) is 14.6 Å². The molecule has 0 atom stereocenters. The van der Waals surface area contributed by atoms with Gasteiger partial charge in [-0.2, -0.15) is 0 Å². The van der Waals surface area contributed by atoms with Crippen molar-refractivity contribution in [1.82, 2.24) is 14.6 Å². The first-order valence-electron chi connectivity index (χ1n) is 5.91. The normalized spacial score (nSPS) is 10.8. The van der Waals surface area contributed by atoms with Crippen LogP contribution < -0.4 is 4.74 Å². The molecule has 0 N–H and O–H groups in total. The molecule has 3 aromatic rings. The Bertz CT molecular complexity index is 706. The zero-order valence-electron chi connectivity index (χ0n) is 10.4.